The molecule has 2 aliphatic carbocycles. The van der Waals surface area contributed by atoms with Crippen molar-refractivity contribution in [3.05, 3.63) is 0 Å². The highest BCUT2D eigenvalue weighted by Gasteiger charge is 2.23. The van der Waals surface area contributed by atoms with Crippen molar-refractivity contribution < 1.29 is 9.59 Å². The summed E-state index contributed by atoms with van der Waals surface area (Å²) in [4.78, 5) is 24.1. The number of amides is 1. The van der Waals surface area contributed by atoms with Crippen LogP contribution in [0.15, 0.2) is 0 Å². The summed E-state index contributed by atoms with van der Waals surface area (Å²) >= 11 is 0. The Bertz CT molecular complexity index is 321. The van der Waals surface area contributed by atoms with Crippen molar-refractivity contribution in [3.63, 3.8) is 0 Å². The van der Waals surface area contributed by atoms with Crippen LogP contribution in [0, 0.1) is 5.92 Å². The molecule has 0 aromatic heterocycles. The van der Waals surface area contributed by atoms with Crippen LogP contribution < -0.4 is 5.32 Å². The normalized spacial score (nSPS) is 27.0. The standard InChI is InChI=1S/C17H29NO2/c19-16-11-7-2-1-4-8-14(12-13-16)17(20)18-15-9-5-3-6-10-15/h14-15H,1-13H2,(H,18,20). The number of carbonyl (C=O) groups excluding carboxylic acids is 2. The summed E-state index contributed by atoms with van der Waals surface area (Å²) in [6, 6.07) is 0.391. The van der Waals surface area contributed by atoms with E-state index < -0.39 is 0 Å². The second-order valence-electron chi connectivity index (χ2n) is 6.57. The van der Waals surface area contributed by atoms with E-state index in [-0.39, 0.29) is 11.8 Å². The van der Waals surface area contributed by atoms with Gasteiger partial charge < -0.3 is 5.32 Å². The van der Waals surface area contributed by atoms with E-state index in [9.17, 15) is 9.59 Å². The highest BCUT2D eigenvalue weighted by atomic mass is 16.2. The summed E-state index contributed by atoms with van der Waals surface area (Å²) in [5.74, 6) is 0.631. The highest BCUT2D eigenvalue weighted by molar-refractivity contribution is 5.81. The average molecular weight is 279 g/mol. The molecule has 2 aliphatic rings. The SMILES string of the molecule is O=C1CCCCCCC(C(=O)NC2CCCCC2)CC1. The van der Waals surface area contributed by atoms with Crippen molar-refractivity contribution in [2.75, 3.05) is 0 Å². The number of Topliss-reactive ketones (excluding diaryl/α,β-unsaturated/α-hetero) is 1. The molecule has 114 valence electrons. The van der Waals surface area contributed by atoms with E-state index in [1.807, 2.05) is 0 Å². The minimum Gasteiger partial charge on any atom is -0.353 e. The van der Waals surface area contributed by atoms with Gasteiger partial charge in [-0.3, -0.25) is 9.59 Å². The van der Waals surface area contributed by atoms with Gasteiger partial charge in [-0.1, -0.05) is 38.5 Å². The van der Waals surface area contributed by atoms with Gasteiger partial charge in [-0.05, 0) is 32.1 Å². The van der Waals surface area contributed by atoms with E-state index in [4.69, 9.17) is 0 Å². The van der Waals surface area contributed by atoms with E-state index in [1.54, 1.807) is 0 Å². The molecule has 2 saturated carbocycles. The number of nitrogens with one attached hydrogen (secondary N) is 1. The molecule has 0 heterocycles. The lowest BCUT2D eigenvalue weighted by Crippen LogP contribution is -2.40. The van der Waals surface area contributed by atoms with Crippen LogP contribution in [0.4, 0.5) is 0 Å². The van der Waals surface area contributed by atoms with Crippen LogP contribution in [0.1, 0.15) is 83.5 Å². The number of hydrogen-bond donors (Lipinski definition) is 1. The second-order valence-corrected chi connectivity index (χ2v) is 6.57. The maximum absolute atomic E-state index is 12.4. The molecule has 20 heavy (non-hydrogen) atoms. The van der Waals surface area contributed by atoms with Gasteiger partial charge in [0.05, 0.1) is 0 Å². The molecule has 3 nitrogen and oxygen atoms in total. The summed E-state index contributed by atoms with van der Waals surface area (Å²) < 4.78 is 0. The first-order chi connectivity index (χ1) is 9.75. The Balaban J connectivity index is 1.82. The minimum atomic E-state index is 0.0685. The van der Waals surface area contributed by atoms with Gasteiger partial charge in [-0.2, -0.15) is 0 Å². The molecule has 1 amide bonds. The van der Waals surface area contributed by atoms with Crippen LogP contribution in [0.25, 0.3) is 0 Å². The fraction of sp³-hybridized carbons (Fsp3) is 0.882. The largest absolute Gasteiger partial charge is 0.353 e. The van der Waals surface area contributed by atoms with Gasteiger partial charge in [0.1, 0.15) is 5.78 Å². The van der Waals surface area contributed by atoms with Crippen molar-refractivity contribution in [1.29, 1.82) is 0 Å². The smallest absolute Gasteiger partial charge is 0.223 e. The van der Waals surface area contributed by atoms with Crippen LogP contribution in [-0.2, 0) is 9.59 Å². The fourth-order valence-corrected chi connectivity index (χ4v) is 3.50. The van der Waals surface area contributed by atoms with E-state index in [0.29, 0.717) is 18.2 Å². The molecule has 0 saturated heterocycles. The molecular formula is C17H29NO2. The fourth-order valence-electron chi connectivity index (χ4n) is 3.50. The third kappa shape index (κ3) is 5.26. The zero-order valence-electron chi connectivity index (χ0n) is 12.7. The van der Waals surface area contributed by atoms with Crippen LogP contribution in [0.2, 0.25) is 0 Å². The predicted octanol–water partition coefficient (Wildman–Crippen LogP) is 3.76. The maximum Gasteiger partial charge on any atom is 0.223 e. The lowest BCUT2D eigenvalue weighted by Gasteiger charge is -2.26. The van der Waals surface area contributed by atoms with Crippen LogP contribution in [0.3, 0.4) is 0 Å². The molecule has 1 N–H and O–H groups in total. The Hall–Kier alpha value is -0.860. The zero-order chi connectivity index (χ0) is 14.2. The molecule has 1 atom stereocenters. The molecular weight excluding hydrogens is 250 g/mol. The summed E-state index contributed by atoms with van der Waals surface area (Å²) in [5, 5.41) is 3.24. The number of ketones is 1. The lowest BCUT2D eigenvalue weighted by molar-refractivity contribution is -0.127. The Morgan fingerprint density at radius 3 is 2.25 bits per heavy atom. The van der Waals surface area contributed by atoms with Gasteiger partial charge in [0.2, 0.25) is 5.91 Å². The monoisotopic (exact) mass is 279 g/mol. The maximum atomic E-state index is 12.4. The minimum absolute atomic E-state index is 0.0685. The molecule has 0 aromatic carbocycles. The van der Waals surface area contributed by atoms with E-state index in [1.165, 1.54) is 25.7 Å². The molecule has 0 spiro atoms. The first-order valence-corrected chi connectivity index (χ1v) is 8.58. The van der Waals surface area contributed by atoms with Gasteiger partial charge in [0, 0.05) is 24.8 Å². The molecule has 0 bridgehead atoms. The van der Waals surface area contributed by atoms with E-state index >= 15 is 0 Å². The average Bonchev–Trinajstić information content (AvgIpc) is 2.47. The Morgan fingerprint density at radius 1 is 0.800 bits per heavy atom. The van der Waals surface area contributed by atoms with Crippen LogP contribution in [-0.4, -0.2) is 17.7 Å². The van der Waals surface area contributed by atoms with Gasteiger partial charge >= 0.3 is 0 Å². The van der Waals surface area contributed by atoms with Crippen molar-refractivity contribution in [2.24, 2.45) is 5.92 Å². The third-order valence-corrected chi connectivity index (χ3v) is 4.85. The summed E-state index contributed by atoms with van der Waals surface area (Å²) in [7, 11) is 0. The van der Waals surface area contributed by atoms with Crippen molar-refractivity contribution in [3.8, 4) is 0 Å². The van der Waals surface area contributed by atoms with E-state index in [2.05, 4.69) is 5.32 Å². The van der Waals surface area contributed by atoms with Crippen molar-refractivity contribution in [2.45, 2.75) is 89.5 Å². The van der Waals surface area contributed by atoms with Crippen LogP contribution in [0.5, 0.6) is 0 Å². The third-order valence-electron chi connectivity index (χ3n) is 4.85. The Kier molecular flexibility index (Phi) is 6.55. The summed E-state index contributed by atoms with van der Waals surface area (Å²) in [5.41, 5.74) is 0. The number of rotatable bonds is 2. The van der Waals surface area contributed by atoms with Crippen molar-refractivity contribution >= 4 is 11.7 Å². The second kappa shape index (κ2) is 8.43. The molecule has 0 radical (unpaired) electrons. The lowest BCUT2D eigenvalue weighted by atomic mass is 9.90. The highest BCUT2D eigenvalue weighted by Crippen LogP contribution is 2.22. The topological polar surface area (TPSA) is 46.2 Å². The van der Waals surface area contributed by atoms with Gasteiger partial charge in [0.15, 0.2) is 0 Å². The molecule has 0 aromatic rings. The van der Waals surface area contributed by atoms with Gasteiger partial charge in [0.25, 0.3) is 0 Å². The van der Waals surface area contributed by atoms with Gasteiger partial charge in [-0.15, -0.1) is 0 Å². The zero-order valence-corrected chi connectivity index (χ0v) is 12.7. The molecule has 2 rings (SSSR count). The Labute approximate surface area is 122 Å². The number of hydrogen-bond acceptors (Lipinski definition) is 2. The molecule has 0 aliphatic heterocycles. The summed E-state index contributed by atoms with van der Waals surface area (Å²) in [6.07, 6.45) is 13.6. The first-order valence-electron chi connectivity index (χ1n) is 8.58. The van der Waals surface area contributed by atoms with E-state index in [0.717, 1.165) is 51.4 Å². The first kappa shape index (κ1) is 15.5. The van der Waals surface area contributed by atoms with Crippen LogP contribution >= 0.6 is 0 Å². The molecule has 2 fully saturated rings. The van der Waals surface area contributed by atoms with Crippen molar-refractivity contribution in [1.82, 2.24) is 5.32 Å². The molecule has 1 unspecified atom stereocenters. The molecule has 3 heteroatoms. The predicted molar refractivity (Wildman–Crippen MR) is 80.4 cm³/mol. The Morgan fingerprint density at radius 2 is 1.45 bits per heavy atom. The summed E-state index contributed by atoms with van der Waals surface area (Å²) in [6.45, 7) is 0. The van der Waals surface area contributed by atoms with Gasteiger partial charge in [-0.25, -0.2) is 0 Å². The number of carbonyl (C=O) groups is 2. The quantitative estimate of drug-likeness (QED) is 0.836.